The van der Waals surface area contributed by atoms with Gasteiger partial charge in [-0.1, -0.05) is 0 Å². The van der Waals surface area contributed by atoms with Gasteiger partial charge in [-0.25, -0.2) is 4.79 Å². The number of rotatable bonds is 5. The highest BCUT2D eigenvalue weighted by atomic mass is 19.1. The number of aromatic nitrogens is 2. The molecule has 1 aliphatic rings. The lowest BCUT2D eigenvalue weighted by Crippen LogP contribution is -2.38. The average Bonchev–Trinajstić information content (AvgIpc) is 2.77. The number of ether oxygens (including phenoxy) is 2. The fraction of sp³-hybridized carbons (Fsp3) is 0.583. The van der Waals surface area contributed by atoms with E-state index in [9.17, 15) is 29.0 Å². The fourth-order valence-corrected chi connectivity index (χ4v) is 2.11. The predicted octanol–water partition coefficient (Wildman–Crippen LogP) is -2.81. The molecule has 0 spiro atoms. The summed E-state index contributed by atoms with van der Waals surface area (Å²) in [6.07, 6.45) is -5.10. The largest absolute Gasteiger partial charge is 0.463 e. The van der Waals surface area contributed by atoms with Gasteiger partial charge in [-0.15, -0.1) is 0 Å². The quantitative estimate of drug-likeness (QED) is 0.420. The molecule has 2 unspecified atom stereocenters. The van der Waals surface area contributed by atoms with Crippen molar-refractivity contribution in [3.63, 3.8) is 0 Å². The van der Waals surface area contributed by atoms with E-state index in [0.29, 0.717) is 10.8 Å². The molecule has 11 heteroatoms. The third-order valence-electron chi connectivity index (χ3n) is 3.29. The van der Waals surface area contributed by atoms with Crippen LogP contribution in [0.15, 0.2) is 15.8 Å². The standard InChI is InChI=1S/C12H16FN3O7/c13-5-3-16(12(21)15-10(5)20)11-9(19)8(18)6(23-11)4-22-7(17)1-2-14/h3,6,8-9,11,18-19H,1-2,4,14H2,(H,15,20,21)/t6-,8?,9?,11-/m0/s1. The Kier molecular flexibility index (Phi) is 5.26. The van der Waals surface area contributed by atoms with E-state index in [1.165, 1.54) is 0 Å². The van der Waals surface area contributed by atoms with Crippen molar-refractivity contribution in [1.29, 1.82) is 0 Å². The molecule has 0 amide bonds. The number of nitrogens with zero attached hydrogens (tertiary/aromatic N) is 1. The van der Waals surface area contributed by atoms with Crippen LogP contribution in [0.3, 0.4) is 0 Å². The number of halogens is 1. The summed E-state index contributed by atoms with van der Waals surface area (Å²) in [5.41, 5.74) is 2.94. The smallest absolute Gasteiger partial charge is 0.330 e. The van der Waals surface area contributed by atoms with Gasteiger partial charge in [0, 0.05) is 6.54 Å². The molecule has 0 bridgehead atoms. The van der Waals surface area contributed by atoms with Crippen LogP contribution in [0.4, 0.5) is 4.39 Å². The van der Waals surface area contributed by atoms with Crippen molar-refractivity contribution in [2.24, 2.45) is 5.73 Å². The van der Waals surface area contributed by atoms with E-state index in [-0.39, 0.29) is 19.6 Å². The van der Waals surface area contributed by atoms with E-state index in [2.05, 4.69) is 0 Å². The summed E-state index contributed by atoms with van der Waals surface area (Å²) in [5, 5.41) is 19.8. The van der Waals surface area contributed by atoms with Crippen molar-refractivity contribution >= 4 is 5.97 Å². The topological polar surface area (TPSA) is 157 Å². The third kappa shape index (κ3) is 3.64. The van der Waals surface area contributed by atoms with Crippen LogP contribution in [0.25, 0.3) is 0 Å². The minimum absolute atomic E-state index is 0.0284. The van der Waals surface area contributed by atoms with Crippen LogP contribution >= 0.6 is 0 Å². The van der Waals surface area contributed by atoms with Gasteiger partial charge in [-0.2, -0.15) is 4.39 Å². The molecule has 0 saturated carbocycles. The van der Waals surface area contributed by atoms with Crippen LogP contribution in [0.2, 0.25) is 0 Å². The number of hydrogen-bond acceptors (Lipinski definition) is 8. The normalized spacial score (nSPS) is 27.1. The van der Waals surface area contributed by atoms with Gasteiger partial charge in [-0.05, 0) is 0 Å². The number of aliphatic hydroxyl groups is 2. The zero-order chi connectivity index (χ0) is 17.1. The molecule has 1 aromatic rings. The molecule has 4 atom stereocenters. The lowest BCUT2D eigenvalue weighted by atomic mass is 10.1. The minimum Gasteiger partial charge on any atom is -0.463 e. The highest BCUT2D eigenvalue weighted by molar-refractivity contribution is 5.69. The molecule has 128 valence electrons. The first-order chi connectivity index (χ1) is 10.8. The monoisotopic (exact) mass is 333 g/mol. The van der Waals surface area contributed by atoms with E-state index in [0.717, 1.165) is 0 Å². The van der Waals surface area contributed by atoms with Gasteiger partial charge < -0.3 is 25.4 Å². The first-order valence-electron chi connectivity index (χ1n) is 6.73. The second-order valence-corrected chi connectivity index (χ2v) is 4.91. The maximum absolute atomic E-state index is 13.3. The summed E-state index contributed by atoms with van der Waals surface area (Å²) >= 11 is 0. The van der Waals surface area contributed by atoms with E-state index in [4.69, 9.17) is 15.2 Å². The number of aromatic amines is 1. The van der Waals surface area contributed by atoms with Crippen molar-refractivity contribution in [1.82, 2.24) is 9.55 Å². The lowest BCUT2D eigenvalue weighted by molar-refractivity contribution is -0.149. The van der Waals surface area contributed by atoms with Gasteiger partial charge in [0.15, 0.2) is 6.23 Å². The maximum Gasteiger partial charge on any atom is 0.330 e. The van der Waals surface area contributed by atoms with Crippen LogP contribution in [-0.4, -0.2) is 57.2 Å². The number of aliphatic hydroxyl groups excluding tert-OH is 2. The van der Waals surface area contributed by atoms with E-state index >= 15 is 0 Å². The summed E-state index contributed by atoms with van der Waals surface area (Å²) in [4.78, 5) is 35.6. The molecule has 5 N–H and O–H groups in total. The number of H-pyrrole nitrogens is 1. The number of nitrogens with two attached hydrogens (primary N) is 1. The Hall–Kier alpha value is -2.08. The van der Waals surface area contributed by atoms with Crippen LogP contribution in [-0.2, 0) is 14.3 Å². The maximum atomic E-state index is 13.3. The molecule has 1 aliphatic heterocycles. The molecule has 23 heavy (non-hydrogen) atoms. The molecule has 10 nitrogen and oxygen atoms in total. The zero-order valence-electron chi connectivity index (χ0n) is 11.8. The number of esters is 1. The summed E-state index contributed by atoms with van der Waals surface area (Å²) in [7, 11) is 0. The highest BCUT2D eigenvalue weighted by Gasteiger charge is 2.44. The highest BCUT2D eigenvalue weighted by Crippen LogP contribution is 2.28. The molecule has 2 heterocycles. The fourth-order valence-electron chi connectivity index (χ4n) is 2.11. The molecule has 2 rings (SSSR count). The van der Waals surface area contributed by atoms with Crippen molar-refractivity contribution in [2.45, 2.75) is 31.0 Å². The van der Waals surface area contributed by atoms with E-state index in [1.54, 1.807) is 4.98 Å². The number of carbonyl (C=O) groups is 1. The number of hydrogen-bond donors (Lipinski definition) is 4. The van der Waals surface area contributed by atoms with Gasteiger partial charge in [0.2, 0.25) is 5.82 Å². The Morgan fingerprint density at radius 3 is 2.78 bits per heavy atom. The van der Waals surface area contributed by atoms with Gasteiger partial charge in [0.1, 0.15) is 24.9 Å². The molecule has 1 aromatic heterocycles. The lowest BCUT2D eigenvalue weighted by Gasteiger charge is -2.16. The van der Waals surface area contributed by atoms with Gasteiger partial charge in [0.05, 0.1) is 12.6 Å². The van der Waals surface area contributed by atoms with E-state index in [1.807, 2.05) is 0 Å². The zero-order valence-corrected chi connectivity index (χ0v) is 11.8. The average molecular weight is 333 g/mol. The predicted molar refractivity (Wildman–Crippen MR) is 71.8 cm³/mol. The van der Waals surface area contributed by atoms with Gasteiger partial charge >= 0.3 is 11.7 Å². The first kappa shape index (κ1) is 17.3. The molecule has 1 saturated heterocycles. The minimum atomic E-state index is -1.59. The Bertz CT molecular complexity index is 688. The van der Waals surface area contributed by atoms with E-state index < -0.39 is 47.6 Å². The van der Waals surface area contributed by atoms with Crippen molar-refractivity contribution < 1.29 is 28.9 Å². The first-order valence-corrected chi connectivity index (χ1v) is 6.73. The molecular weight excluding hydrogens is 317 g/mol. The van der Waals surface area contributed by atoms with Gasteiger partial charge in [-0.3, -0.25) is 19.1 Å². The van der Waals surface area contributed by atoms with Crippen molar-refractivity contribution in [2.75, 3.05) is 13.2 Å². The van der Waals surface area contributed by atoms with Crippen LogP contribution in [0, 0.1) is 5.82 Å². The molecule has 0 aliphatic carbocycles. The number of nitrogens with one attached hydrogen (secondary N) is 1. The van der Waals surface area contributed by atoms with Crippen molar-refractivity contribution in [3.05, 3.63) is 32.9 Å². The molecule has 0 radical (unpaired) electrons. The van der Waals surface area contributed by atoms with Crippen LogP contribution in [0.1, 0.15) is 12.6 Å². The summed E-state index contributed by atoms with van der Waals surface area (Å²) < 4.78 is 23.9. The van der Waals surface area contributed by atoms with Gasteiger partial charge in [0.25, 0.3) is 5.56 Å². The Labute approximate surface area is 128 Å². The van der Waals surface area contributed by atoms with Crippen LogP contribution in [0.5, 0.6) is 0 Å². The Morgan fingerprint density at radius 2 is 2.13 bits per heavy atom. The summed E-state index contributed by atoms with van der Waals surface area (Å²) in [6.45, 7) is -0.293. The number of carbonyl (C=O) groups excluding carboxylic acids is 1. The summed E-state index contributed by atoms with van der Waals surface area (Å²) in [5.74, 6) is -1.87. The Balaban J connectivity index is 2.14. The van der Waals surface area contributed by atoms with Crippen LogP contribution < -0.4 is 17.0 Å². The molecule has 0 aromatic carbocycles. The molecule has 1 fully saturated rings. The third-order valence-corrected chi connectivity index (χ3v) is 3.29. The Morgan fingerprint density at radius 1 is 1.43 bits per heavy atom. The second-order valence-electron chi connectivity index (χ2n) is 4.91. The van der Waals surface area contributed by atoms with Crippen molar-refractivity contribution in [3.8, 4) is 0 Å². The summed E-state index contributed by atoms with van der Waals surface area (Å²) in [6, 6.07) is 0. The second kappa shape index (κ2) is 7.00. The SMILES string of the molecule is NCCC(=O)OC[C@@H]1O[C@H](n2cc(F)c(=O)[nH]c2=O)C(O)C1O. The molecular formula is C12H16FN3O7.